The molecule has 14 atom stereocenters. The van der Waals surface area contributed by atoms with E-state index >= 15 is 0 Å². The van der Waals surface area contributed by atoms with Gasteiger partial charge in [-0.25, -0.2) is 24.0 Å². The summed E-state index contributed by atoms with van der Waals surface area (Å²) in [6.45, 7) is 26.9. The van der Waals surface area contributed by atoms with E-state index < -0.39 is 168 Å². The van der Waals surface area contributed by atoms with E-state index in [-0.39, 0.29) is 45.4 Å². The van der Waals surface area contributed by atoms with Crippen LogP contribution in [0.4, 0.5) is 24.0 Å². The molecule has 5 rings (SSSR count). The van der Waals surface area contributed by atoms with E-state index in [1.54, 1.807) is 104 Å². The molecule has 86 heavy (non-hydrogen) atoms. The zero-order chi connectivity index (χ0) is 64.5. The highest BCUT2D eigenvalue weighted by atomic mass is 16.8. The maximum absolute atomic E-state index is 14.7. The van der Waals surface area contributed by atoms with Gasteiger partial charge in [-0.1, -0.05) is 6.42 Å². The minimum atomic E-state index is -1.99. The molecule has 1 spiro atoms. The number of ether oxygens (including phenoxy) is 13. The molecule has 3 saturated heterocycles. The van der Waals surface area contributed by atoms with Crippen molar-refractivity contribution in [1.82, 2.24) is 31.5 Å². The first-order valence-corrected chi connectivity index (χ1v) is 29.7. The molecular formula is C58H98N6O22. The molecule has 5 fully saturated rings. The number of hydrogen-bond acceptors (Lipinski definition) is 22. The normalized spacial score (nSPS) is 29.0. The van der Waals surface area contributed by atoms with Crippen LogP contribution in [0, 0.1) is 0 Å². The van der Waals surface area contributed by atoms with Crippen molar-refractivity contribution in [2.75, 3.05) is 26.7 Å². The van der Waals surface area contributed by atoms with Gasteiger partial charge >= 0.3 is 42.4 Å². The van der Waals surface area contributed by atoms with Crippen molar-refractivity contribution in [2.45, 2.75) is 295 Å². The van der Waals surface area contributed by atoms with Crippen molar-refractivity contribution in [1.29, 1.82) is 0 Å². The van der Waals surface area contributed by atoms with Crippen molar-refractivity contribution in [2.24, 2.45) is 0 Å². The number of rotatable bonds is 16. The minimum absolute atomic E-state index is 0.0247. The van der Waals surface area contributed by atoms with E-state index in [1.807, 2.05) is 0 Å². The highest BCUT2D eigenvalue weighted by Crippen LogP contribution is 2.43. The second-order valence-electron chi connectivity index (χ2n) is 27.6. The fraction of sp³-hybridized carbons (Fsp3) is 0.862. The van der Waals surface area contributed by atoms with Gasteiger partial charge in [-0.05, 0) is 136 Å². The predicted octanol–water partition coefficient (Wildman–Crippen LogP) is 5.64. The van der Waals surface area contributed by atoms with Gasteiger partial charge in [0.05, 0.1) is 30.8 Å². The van der Waals surface area contributed by atoms with Crippen LogP contribution in [0.25, 0.3) is 0 Å². The largest absolute Gasteiger partial charge is 0.455 e. The van der Waals surface area contributed by atoms with E-state index in [1.165, 1.54) is 11.9 Å². The molecule has 0 aromatic carbocycles. The third-order valence-corrected chi connectivity index (χ3v) is 13.7. The number of hydrogen-bond donors (Lipinski definition) is 6. The Hall–Kier alpha value is -5.52. The van der Waals surface area contributed by atoms with Gasteiger partial charge in [0.15, 0.2) is 30.6 Å². The summed E-state index contributed by atoms with van der Waals surface area (Å²) >= 11 is 0. The Morgan fingerprint density at radius 3 is 1.65 bits per heavy atom. The summed E-state index contributed by atoms with van der Waals surface area (Å²) in [4.78, 5) is 109. The lowest BCUT2D eigenvalue weighted by atomic mass is 9.82. The lowest BCUT2D eigenvalue weighted by Crippen LogP contribution is -2.72. The highest BCUT2D eigenvalue weighted by molar-refractivity contribution is 5.84. The minimum Gasteiger partial charge on any atom is -0.455 e. The maximum Gasteiger partial charge on any atom is 0.410 e. The molecule has 0 aromatic heterocycles. The second-order valence-corrected chi connectivity index (χ2v) is 27.6. The van der Waals surface area contributed by atoms with Crippen LogP contribution in [0.2, 0.25) is 0 Å². The standard InChI is InChI=1S/C58H98N6O22/c1-31(65)75-37(24-27-59-48(69)82-53(3,4)5)45(68)60-35-28-36(62-50(71)84-55(9,10)11)42(79-46-34(61-49(70)83-54(6,7)8)23-22-33(77-46)29-64(18)52(73)86-57(15,16)17)40(67)41(35)80-47-44(76-32(2)66)39(63-51(72)85-56(12,13)14)43-38(78-47)30-74-58(81-43)25-20-19-21-26-58/h33-44,46-47,67H,19-30H2,1-18H3,(H,59,69)(H,60,68)(H,61,70)(H,62,71)(H,63,72)/t33?,34?,35-,36-,37+,38?,39+,40?,41+,42?,43-,44?,46-,47-/m1/s1. The molecule has 28 nitrogen and oxygen atoms in total. The monoisotopic (exact) mass is 1230 g/mol. The molecule has 2 aliphatic carbocycles. The molecule has 0 bridgehead atoms. The lowest BCUT2D eigenvalue weighted by molar-refractivity contribution is -0.389. The summed E-state index contributed by atoms with van der Waals surface area (Å²) in [5.41, 5.74) is -4.69. The van der Waals surface area contributed by atoms with Crippen molar-refractivity contribution in [3.8, 4) is 0 Å². The molecule has 0 radical (unpaired) electrons. The molecule has 6 amide bonds. The Morgan fingerprint density at radius 1 is 0.605 bits per heavy atom. The summed E-state index contributed by atoms with van der Waals surface area (Å²) in [5.74, 6) is -3.71. The highest BCUT2D eigenvalue weighted by Gasteiger charge is 2.59. The van der Waals surface area contributed by atoms with E-state index in [0.29, 0.717) is 12.8 Å². The Labute approximate surface area is 505 Å². The van der Waals surface area contributed by atoms with Gasteiger partial charge in [0.25, 0.3) is 5.91 Å². The number of amides is 6. The molecule has 492 valence electrons. The molecule has 6 unspecified atom stereocenters. The third kappa shape index (κ3) is 22.9. The van der Waals surface area contributed by atoms with E-state index in [9.17, 15) is 43.5 Å². The Balaban J connectivity index is 1.64. The Bertz CT molecular complexity index is 2340. The quantitative estimate of drug-likeness (QED) is 0.0804. The van der Waals surface area contributed by atoms with Gasteiger partial charge in [0.2, 0.25) is 0 Å². The Morgan fingerprint density at radius 2 is 1.12 bits per heavy atom. The summed E-state index contributed by atoms with van der Waals surface area (Å²) in [6, 6.07) is -5.08. The lowest BCUT2D eigenvalue weighted by Gasteiger charge is -2.54. The molecular weight excluding hydrogens is 1130 g/mol. The van der Waals surface area contributed by atoms with Gasteiger partial charge in [-0.2, -0.15) is 0 Å². The molecule has 3 aliphatic heterocycles. The van der Waals surface area contributed by atoms with Crippen LogP contribution in [0.1, 0.15) is 175 Å². The summed E-state index contributed by atoms with van der Waals surface area (Å²) < 4.78 is 79.6. The van der Waals surface area contributed by atoms with Crippen LogP contribution in [0.3, 0.4) is 0 Å². The van der Waals surface area contributed by atoms with Gasteiger partial charge in [-0.3, -0.25) is 14.4 Å². The fourth-order valence-corrected chi connectivity index (χ4v) is 10.5. The average molecular weight is 1230 g/mol. The van der Waals surface area contributed by atoms with Crippen LogP contribution >= 0.6 is 0 Å². The average Bonchev–Trinajstić information content (AvgIpc) is 0.789. The number of esters is 2. The van der Waals surface area contributed by atoms with Crippen LogP contribution < -0.4 is 26.6 Å². The van der Waals surface area contributed by atoms with Crippen LogP contribution in [-0.4, -0.2) is 204 Å². The summed E-state index contributed by atoms with van der Waals surface area (Å²) in [5, 5.41) is 27.0. The van der Waals surface area contributed by atoms with Gasteiger partial charge < -0.3 is 98.2 Å². The first kappa shape index (κ1) is 71.2. The fourth-order valence-electron chi connectivity index (χ4n) is 10.5. The number of aliphatic hydroxyl groups excluding tert-OH is 1. The van der Waals surface area contributed by atoms with Gasteiger partial charge in [0, 0.05) is 53.2 Å². The zero-order valence-electron chi connectivity index (χ0n) is 53.5. The van der Waals surface area contributed by atoms with Gasteiger partial charge in [-0.15, -0.1) is 0 Å². The molecule has 0 aromatic rings. The summed E-state index contributed by atoms with van der Waals surface area (Å²) in [7, 11) is 1.52. The van der Waals surface area contributed by atoms with Crippen LogP contribution in [0.5, 0.6) is 0 Å². The predicted molar refractivity (Wildman–Crippen MR) is 304 cm³/mol. The molecule has 6 N–H and O–H groups in total. The molecule has 3 heterocycles. The van der Waals surface area contributed by atoms with Gasteiger partial charge in [0.1, 0.15) is 64.6 Å². The number of nitrogens with one attached hydrogen (secondary N) is 5. The van der Waals surface area contributed by atoms with Crippen molar-refractivity contribution >= 4 is 48.3 Å². The second kappa shape index (κ2) is 29.2. The van der Waals surface area contributed by atoms with Crippen LogP contribution in [0.15, 0.2) is 0 Å². The van der Waals surface area contributed by atoms with E-state index in [0.717, 1.165) is 33.1 Å². The zero-order valence-corrected chi connectivity index (χ0v) is 53.5. The Kier molecular flexibility index (Phi) is 24.2. The number of alkyl carbamates (subject to hydrolysis) is 4. The number of aliphatic hydroxyl groups is 1. The van der Waals surface area contributed by atoms with Crippen molar-refractivity contribution in [3.63, 3.8) is 0 Å². The van der Waals surface area contributed by atoms with Crippen LogP contribution in [-0.2, 0) is 76.0 Å². The smallest absolute Gasteiger partial charge is 0.410 e. The number of likely N-dealkylation sites (N-methyl/N-ethyl adjacent to an activating group) is 1. The van der Waals surface area contributed by atoms with E-state index in [4.69, 9.17) is 61.6 Å². The third-order valence-electron chi connectivity index (χ3n) is 13.7. The van der Waals surface area contributed by atoms with E-state index in [2.05, 4.69) is 26.6 Å². The van der Waals surface area contributed by atoms with Crippen molar-refractivity contribution in [3.05, 3.63) is 0 Å². The number of carbonyl (C=O) groups excluding carboxylic acids is 8. The SMILES string of the molecule is CC(=O)OC1[C@@H](O[C@@H]2C(O)C(O[C@H]3OC(CN(C)C(=O)OC(C)(C)C)CCC3NC(=O)OC(C)(C)C)[C@H](NC(=O)OC(C)(C)C)C[C@H]2NC(=O)[C@H](CCNC(=O)OC(C)(C)C)OC(C)=O)OC2COC3(CCCCC3)O[C@H]2[C@@H]1NC(=O)OC(C)(C)C. The molecule has 5 aliphatic rings. The first-order valence-electron chi connectivity index (χ1n) is 29.7. The molecule has 28 heteroatoms. The van der Waals surface area contributed by atoms with Crippen molar-refractivity contribution < 1.29 is 105 Å². The summed E-state index contributed by atoms with van der Waals surface area (Å²) in [6.07, 6.45) is -15.5. The number of fused-ring (bicyclic) bond motifs is 1. The molecule has 2 saturated carbocycles. The maximum atomic E-state index is 14.7. The first-order chi connectivity index (χ1) is 39.6. The number of carbonyl (C=O) groups is 8. The number of nitrogens with zero attached hydrogens (tertiary/aromatic N) is 1. The topological polar surface area (TPSA) is 340 Å².